The standard InChI is InChI=1S/C26H26BrClN2OS/c1-15-12-21(22(28)14-24(15)31-3)26-16(2)32-25(30-26)11-10-23(29)20(13-17-4-5-17)18-6-8-19(27)9-7-18/h6-9,12,14,17,20,23H,4-5,13,29H2,1-3H3/t20?,23-/m1/s1. The van der Waals surface area contributed by atoms with Crippen LogP contribution in [0.4, 0.5) is 0 Å². The molecule has 2 aromatic carbocycles. The zero-order valence-electron chi connectivity index (χ0n) is 18.4. The Labute approximate surface area is 207 Å². The second kappa shape index (κ2) is 9.97. The van der Waals surface area contributed by atoms with Gasteiger partial charge in [0.05, 0.1) is 23.9 Å². The molecule has 1 heterocycles. The molecular formula is C26H26BrClN2OS. The highest BCUT2D eigenvalue weighted by Gasteiger charge is 2.29. The average Bonchev–Trinajstić information content (AvgIpc) is 3.52. The van der Waals surface area contributed by atoms with Crippen molar-refractivity contribution in [3.63, 3.8) is 0 Å². The van der Waals surface area contributed by atoms with Crippen molar-refractivity contribution in [1.29, 1.82) is 0 Å². The van der Waals surface area contributed by atoms with Crippen LogP contribution in [0.15, 0.2) is 40.9 Å². The molecule has 0 saturated heterocycles. The largest absolute Gasteiger partial charge is 0.496 e. The van der Waals surface area contributed by atoms with Crippen LogP contribution in [-0.4, -0.2) is 18.1 Å². The van der Waals surface area contributed by atoms with Crippen molar-refractivity contribution in [2.45, 2.75) is 45.1 Å². The number of aryl methyl sites for hydroxylation is 2. The number of aromatic nitrogens is 1. The minimum atomic E-state index is -0.240. The molecule has 2 atom stereocenters. The highest BCUT2D eigenvalue weighted by atomic mass is 79.9. The minimum absolute atomic E-state index is 0.224. The van der Waals surface area contributed by atoms with Gasteiger partial charge in [-0.3, -0.25) is 0 Å². The Morgan fingerprint density at radius 3 is 2.62 bits per heavy atom. The molecule has 32 heavy (non-hydrogen) atoms. The molecule has 0 amide bonds. The van der Waals surface area contributed by atoms with Crippen LogP contribution in [0.1, 0.15) is 46.2 Å². The zero-order chi connectivity index (χ0) is 22.8. The van der Waals surface area contributed by atoms with E-state index >= 15 is 0 Å². The molecule has 0 aliphatic heterocycles. The quantitative estimate of drug-likeness (QED) is 0.346. The Kier molecular flexibility index (Phi) is 7.27. The van der Waals surface area contributed by atoms with E-state index in [1.54, 1.807) is 18.4 Å². The molecule has 0 radical (unpaired) electrons. The fraction of sp³-hybridized carbons (Fsp3) is 0.346. The van der Waals surface area contributed by atoms with E-state index in [9.17, 15) is 0 Å². The van der Waals surface area contributed by atoms with Gasteiger partial charge in [-0.1, -0.05) is 58.4 Å². The van der Waals surface area contributed by atoms with E-state index in [2.05, 4.69) is 52.0 Å². The molecule has 0 bridgehead atoms. The number of methoxy groups -OCH3 is 1. The van der Waals surface area contributed by atoms with Gasteiger partial charge in [0.25, 0.3) is 0 Å². The molecule has 6 heteroatoms. The molecule has 2 N–H and O–H groups in total. The Balaban J connectivity index is 1.59. The SMILES string of the molecule is COc1cc(Cl)c(-c2nc(C#C[C@@H](N)C(CC3CC3)c3ccc(Br)cc3)sc2C)cc1C. The number of rotatable bonds is 6. The van der Waals surface area contributed by atoms with Crippen molar-refractivity contribution in [3.8, 4) is 28.8 Å². The number of halogens is 2. The van der Waals surface area contributed by atoms with Crippen LogP contribution in [0.3, 0.4) is 0 Å². The first-order valence-electron chi connectivity index (χ1n) is 10.7. The summed E-state index contributed by atoms with van der Waals surface area (Å²) in [6.45, 7) is 4.05. The number of hydrogen-bond acceptors (Lipinski definition) is 4. The molecule has 1 aromatic heterocycles. The first-order chi connectivity index (χ1) is 15.4. The molecule has 4 rings (SSSR count). The Morgan fingerprint density at radius 1 is 1.25 bits per heavy atom. The number of hydrogen-bond donors (Lipinski definition) is 1. The molecule has 0 spiro atoms. The maximum atomic E-state index is 6.60. The van der Waals surface area contributed by atoms with E-state index < -0.39 is 0 Å². The van der Waals surface area contributed by atoms with Gasteiger partial charge < -0.3 is 10.5 Å². The van der Waals surface area contributed by atoms with Crippen molar-refractivity contribution in [2.75, 3.05) is 7.11 Å². The Hall–Kier alpha value is -1.84. The van der Waals surface area contributed by atoms with Crippen LogP contribution in [0.25, 0.3) is 11.3 Å². The number of thiazole rings is 1. The monoisotopic (exact) mass is 528 g/mol. The van der Waals surface area contributed by atoms with E-state index in [0.29, 0.717) is 5.02 Å². The molecule has 1 aliphatic rings. The van der Waals surface area contributed by atoms with Crippen LogP contribution in [0, 0.1) is 31.6 Å². The van der Waals surface area contributed by atoms with Crippen LogP contribution >= 0.6 is 38.9 Å². The highest BCUT2D eigenvalue weighted by Crippen LogP contribution is 2.40. The number of ether oxygens (including phenoxy) is 1. The van der Waals surface area contributed by atoms with Crippen molar-refractivity contribution in [3.05, 3.63) is 66.9 Å². The fourth-order valence-corrected chi connectivity index (χ4v) is 5.22. The van der Waals surface area contributed by atoms with Crippen molar-refractivity contribution in [1.82, 2.24) is 4.98 Å². The third kappa shape index (κ3) is 5.38. The summed E-state index contributed by atoms with van der Waals surface area (Å²) in [6, 6.07) is 12.1. The summed E-state index contributed by atoms with van der Waals surface area (Å²) in [5.74, 6) is 8.30. The number of nitrogens with two attached hydrogens (primary N) is 1. The van der Waals surface area contributed by atoms with Crippen LogP contribution in [0.2, 0.25) is 5.02 Å². The van der Waals surface area contributed by atoms with Gasteiger partial charge in [-0.15, -0.1) is 11.3 Å². The van der Waals surface area contributed by atoms with Gasteiger partial charge in [0.2, 0.25) is 0 Å². The Morgan fingerprint density at radius 2 is 1.97 bits per heavy atom. The van der Waals surface area contributed by atoms with Gasteiger partial charge in [-0.2, -0.15) is 0 Å². The van der Waals surface area contributed by atoms with Crippen molar-refractivity contribution < 1.29 is 4.74 Å². The van der Waals surface area contributed by atoms with Crippen LogP contribution in [-0.2, 0) is 0 Å². The summed E-state index contributed by atoms with van der Waals surface area (Å²) in [5, 5.41) is 1.38. The lowest BCUT2D eigenvalue weighted by Gasteiger charge is -2.20. The highest BCUT2D eigenvalue weighted by molar-refractivity contribution is 9.10. The first kappa shape index (κ1) is 23.3. The van der Waals surface area contributed by atoms with Crippen molar-refractivity contribution in [2.24, 2.45) is 11.7 Å². The maximum Gasteiger partial charge on any atom is 0.167 e. The minimum Gasteiger partial charge on any atom is -0.496 e. The van der Waals surface area contributed by atoms with E-state index in [-0.39, 0.29) is 12.0 Å². The van der Waals surface area contributed by atoms with E-state index in [1.807, 2.05) is 26.0 Å². The summed E-state index contributed by atoms with van der Waals surface area (Å²) in [4.78, 5) is 5.86. The number of benzene rings is 2. The summed E-state index contributed by atoms with van der Waals surface area (Å²) >= 11 is 11.6. The lowest BCUT2D eigenvalue weighted by atomic mass is 9.87. The first-order valence-corrected chi connectivity index (χ1v) is 12.7. The lowest BCUT2D eigenvalue weighted by Crippen LogP contribution is -2.27. The third-order valence-electron chi connectivity index (χ3n) is 5.90. The molecule has 1 saturated carbocycles. The van der Waals surface area contributed by atoms with Gasteiger partial charge in [0.15, 0.2) is 5.01 Å². The Bertz CT molecular complexity index is 1180. The molecule has 1 fully saturated rings. The predicted molar refractivity (Wildman–Crippen MR) is 138 cm³/mol. The zero-order valence-corrected chi connectivity index (χ0v) is 21.6. The second-order valence-corrected chi connectivity index (χ2v) is 10.9. The number of nitrogens with zero attached hydrogens (tertiary/aromatic N) is 1. The topological polar surface area (TPSA) is 48.1 Å². The van der Waals surface area contributed by atoms with E-state index in [0.717, 1.165) is 49.3 Å². The maximum absolute atomic E-state index is 6.60. The average molecular weight is 530 g/mol. The van der Waals surface area contributed by atoms with E-state index in [4.69, 9.17) is 27.1 Å². The lowest BCUT2D eigenvalue weighted by molar-refractivity contribution is 0.412. The summed E-state index contributed by atoms with van der Waals surface area (Å²) in [5.41, 5.74) is 10.6. The normalized spacial score (nSPS) is 15.1. The summed E-state index contributed by atoms with van der Waals surface area (Å²) < 4.78 is 6.45. The fourth-order valence-electron chi connectivity index (χ4n) is 3.92. The van der Waals surface area contributed by atoms with E-state index in [1.165, 1.54) is 18.4 Å². The molecule has 1 aliphatic carbocycles. The van der Waals surface area contributed by atoms with Gasteiger partial charge >= 0.3 is 0 Å². The summed E-state index contributed by atoms with van der Waals surface area (Å²) in [7, 11) is 1.65. The third-order valence-corrected chi connectivity index (χ3v) is 7.63. The smallest absolute Gasteiger partial charge is 0.167 e. The second-order valence-electron chi connectivity index (χ2n) is 8.36. The van der Waals surface area contributed by atoms with Gasteiger partial charge in [-0.05, 0) is 67.5 Å². The van der Waals surface area contributed by atoms with Crippen LogP contribution < -0.4 is 10.5 Å². The summed E-state index contributed by atoms with van der Waals surface area (Å²) in [6.07, 6.45) is 3.68. The molecule has 1 unspecified atom stereocenters. The van der Waals surface area contributed by atoms with Crippen molar-refractivity contribution >= 4 is 38.9 Å². The van der Waals surface area contributed by atoms with Gasteiger partial charge in [0, 0.05) is 20.8 Å². The molecule has 166 valence electrons. The van der Waals surface area contributed by atoms with Gasteiger partial charge in [0.1, 0.15) is 5.75 Å². The molecule has 3 aromatic rings. The molecular weight excluding hydrogens is 504 g/mol. The van der Waals surface area contributed by atoms with Gasteiger partial charge in [-0.25, -0.2) is 4.98 Å². The van der Waals surface area contributed by atoms with Crippen LogP contribution in [0.5, 0.6) is 5.75 Å². The predicted octanol–water partition coefficient (Wildman–Crippen LogP) is 7.11. The molecule has 3 nitrogen and oxygen atoms in total.